The van der Waals surface area contributed by atoms with Gasteiger partial charge in [-0.1, -0.05) is 19.1 Å². The average molecular weight is 242 g/mol. The fraction of sp³-hybridized carbons (Fsp3) is 0.267. The molecule has 0 bridgehead atoms. The van der Waals surface area contributed by atoms with Crippen LogP contribution in [0.15, 0.2) is 42.6 Å². The zero-order chi connectivity index (χ0) is 13.0. The summed E-state index contributed by atoms with van der Waals surface area (Å²) in [7, 11) is 0. The Labute approximate surface area is 108 Å². The van der Waals surface area contributed by atoms with Crippen molar-refractivity contribution in [3.63, 3.8) is 0 Å². The van der Waals surface area contributed by atoms with Gasteiger partial charge in [0.2, 0.25) is 0 Å². The molecule has 18 heavy (non-hydrogen) atoms. The van der Waals surface area contributed by atoms with Gasteiger partial charge in [-0.25, -0.2) is 0 Å². The first kappa shape index (κ1) is 12.6. The van der Waals surface area contributed by atoms with Crippen molar-refractivity contribution in [3.8, 4) is 11.5 Å². The lowest BCUT2D eigenvalue weighted by atomic mass is 10.1. The third-order valence-electron chi connectivity index (χ3n) is 2.85. The van der Waals surface area contributed by atoms with Crippen LogP contribution in [0.4, 0.5) is 0 Å². The highest BCUT2D eigenvalue weighted by Gasteiger charge is 2.05. The molecule has 2 N–H and O–H groups in total. The Morgan fingerprint density at radius 2 is 2.06 bits per heavy atom. The molecule has 2 aromatic rings. The van der Waals surface area contributed by atoms with E-state index in [4.69, 9.17) is 10.5 Å². The molecule has 1 heterocycles. The number of rotatable bonds is 4. The van der Waals surface area contributed by atoms with Gasteiger partial charge in [0.15, 0.2) is 0 Å². The summed E-state index contributed by atoms with van der Waals surface area (Å²) >= 11 is 0. The maximum Gasteiger partial charge on any atom is 0.145 e. The quantitative estimate of drug-likeness (QED) is 0.891. The number of hydrogen-bond donors (Lipinski definition) is 1. The standard InChI is InChI=1S/C15H18N2O/c1-3-15(16)12-5-4-6-13(9-12)18-14-8-7-11(2)17-10-14/h4-10,15H,3,16H2,1-2H3. The smallest absolute Gasteiger partial charge is 0.145 e. The van der Waals surface area contributed by atoms with Gasteiger partial charge in [0, 0.05) is 11.7 Å². The van der Waals surface area contributed by atoms with E-state index in [0.717, 1.165) is 29.2 Å². The molecule has 94 valence electrons. The van der Waals surface area contributed by atoms with E-state index in [2.05, 4.69) is 11.9 Å². The third kappa shape index (κ3) is 3.08. The summed E-state index contributed by atoms with van der Waals surface area (Å²) in [6.45, 7) is 4.02. The number of benzene rings is 1. The molecule has 0 amide bonds. The minimum atomic E-state index is 0.0599. The summed E-state index contributed by atoms with van der Waals surface area (Å²) in [5.74, 6) is 1.53. The number of aryl methyl sites for hydroxylation is 1. The third-order valence-corrected chi connectivity index (χ3v) is 2.85. The molecule has 0 radical (unpaired) electrons. The van der Waals surface area contributed by atoms with Crippen molar-refractivity contribution < 1.29 is 4.74 Å². The van der Waals surface area contributed by atoms with Gasteiger partial charge in [0.25, 0.3) is 0 Å². The lowest BCUT2D eigenvalue weighted by Gasteiger charge is -2.11. The van der Waals surface area contributed by atoms with Crippen LogP contribution in [0.25, 0.3) is 0 Å². The molecule has 1 atom stereocenters. The molecule has 3 nitrogen and oxygen atoms in total. The summed E-state index contributed by atoms with van der Waals surface area (Å²) in [5.41, 5.74) is 8.08. The second-order valence-corrected chi connectivity index (χ2v) is 4.32. The maximum absolute atomic E-state index is 6.01. The molecule has 1 unspecified atom stereocenters. The maximum atomic E-state index is 6.01. The molecule has 0 fully saturated rings. The van der Waals surface area contributed by atoms with E-state index in [0.29, 0.717) is 0 Å². The second-order valence-electron chi connectivity index (χ2n) is 4.32. The van der Waals surface area contributed by atoms with E-state index in [1.807, 2.05) is 43.3 Å². The molecular formula is C15H18N2O. The Morgan fingerprint density at radius 1 is 1.22 bits per heavy atom. The van der Waals surface area contributed by atoms with Crippen LogP contribution < -0.4 is 10.5 Å². The van der Waals surface area contributed by atoms with Gasteiger partial charge >= 0.3 is 0 Å². The molecule has 0 aliphatic carbocycles. The van der Waals surface area contributed by atoms with Crippen LogP contribution in [0.2, 0.25) is 0 Å². The minimum Gasteiger partial charge on any atom is -0.456 e. The monoisotopic (exact) mass is 242 g/mol. The first-order valence-electron chi connectivity index (χ1n) is 6.15. The largest absolute Gasteiger partial charge is 0.456 e. The van der Waals surface area contributed by atoms with Crippen molar-refractivity contribution in [1.29, 1.82) is 0 Å². The van der Waals surface area contributed by atoms with Gasteiger partial charge in [0.05, 0.1) is 6.20 Å². The van der Waals surface area contributed by atoms with Crippen molar-refractivity contribution in [2.75, 3.05) is 0 Å². The first-order chi connectivity index (χ1) is 8.69. The number of nitrogens with two attached hydrogens (primary N) is 1. The lowest BCUT2D eigenvalue weighted by Crippen LogP contribution is -2.08. The number of hydrogen-bond acceptors (Lipinski definition) is 3. The molecule has 0 aliphatic heterocycles. The van der Waals surface area contributed by atoms with Gasteiger partial charge in [-0.15, -0.1) is 0 Å². The van der Waals surface area contributed by atoms with Gasteiger partial charge in [-0.2, -0.15) is 0 Å². The minimum absolute atomic E-state index is 0.0599. The molecule has 2 rings (SSSR count). The van der Waals surface area contributed by atoms with Crippen LogP contribution in [0.1, 0.15) is 30.6 Å². The fourth-order valence-corrected chi connectivity index (χ4v) is 1.70. The molecule has 1 aromatic heterocycles. The highest BCUT2D eigenvalue weighted by molar-refractivity contribution is 5.34. The van der Waals surface area contributed by atoms with Crippen molar-refractivity contribution >= 4 is 0 Å². The zero-order valence-electron chi connectivity index (χ0n) is 10.8. The second kappa shape index (κ2) is 5.65. The van der Waals surface area contributed by atoms with E-state index in [-0.39, 0.29) is 6.04 Å². The van der Waals surface area contributed by atoms with E-state index in [1.165, 1.54) is 0 Å². The van der Waals surface area contributed by atoms with Crippen LogP contribution in [0, 0.1) is 6.92 Å². The number of ether oxygens (including phenoxy) is 1. The molecule has 0 saturated heterocycles. The molecule has 3 heteroatoms. The van der Waals surface area contributed by atoms with Gasteiger partial charge in [0.1, 0.15) is 11.5 Å². The Hall–Kier alpha value is -1.87. The van der Waals surface area contributed by atoms with Gasteiger partial charge in [-0.05, 0) is 43.2 Å². The molecular weight excluding hydrogens is 224 g/mol. The van der Waals surface area contributed by atoms with Crippen LogP contribution >= 0.6 is 0 Å². The van der Waals surface area contributed by atoms with Gasteiger partial charge < -0.3 is 10.5 Å². The summed E-state index contributed by atoms with van der Waals surface area (Å²) in [6.07, 6.45) is 2.64. The fourth-order valence-electron chi connectivity index (χ4n) is 1.70. The zero-order valence-corrected chi connectivity index (χ0v) is 10.8. The van der Waals surface area contributed by atoms with Crippen molar-refractivity contribution in [2.45, 2.75) is 26.3 Å². The van der Waals surface area contributed by atoms with Crippen molar-refractivity contribution in [3.05, 3.63) is 53.9 Å². The highest BCUT2D eigenvalue weighted by atomic mass is 16.5. The molecule has 0 saturated carbocycles. The molecule has 0 spiro atoms. The normalized spacial score (nSPS) is 12.2. The van der Waals surface area contributed by atoms with Crippen LogP contribution in [0.5, 0.6) is 11.5 Å². The summed E-state index contributed by atoms with van der Waals surface area (Å²) in [4.78, 5) is 4.20. The number of pyridine rings is 1. The first-order valence-corrected chi connectivity index (χ1v) is 6.15. The number of aromatic nitrogens is 1. The van der Waals surface area contributed by atoms with Crippen molar-refractivity contribution in [2.24, 2.45) is 5.73 Å². The Bertz CT molecular complexity index is 508. The van der Waals surface area contributed by atoms with Crippen LogP contribution in [-0.4, -0.2) is 4.98 Å². The Morgan fingerprint density at radius 3 is 2.72 bits per heavy atom. The van der Waals surface area contributed by atoms with E-state index in [1.54, 1.807) is 6.20 Å². The molecule has 1 aromatic carbocycles. The van der Waals surface area contributed by atoms with Crippen LogP contribution in [-0.2, 0) is 0 Å². The highest BCUT2D eigenvalue weighted by Crippen LogP contribution is 2.24. The predicted molar refractivity (Wildman–Crippen MR) is 72.7 cm³/mol. The van der Waals surface area contributed by atoms with Gasteiger partial charge in [-0.3, -0.25) is 4.98 Å². The SMILES string of the molecule is CCC(N)c1cccc(Oc2ccc(C)nc2)c1. The van der Waals surface area contributed by atoms with Crippen LogP contribution in [0.3, 0.4) is 0 Å². The number of nitrogens with zero attached hydrogens (tertiary/aromatic N) is 1. The average Bonchev–Trinajstić information content (AvgIpc) is 2.41. The van der Waals surface area contributed by atoms with E-state index >= 15 is 0 Å². The molecule has 0 aliphatic rings. The Kier molecular flexibility index (Phi) is 3.95. The lowest BCUT2D eigenvalue weighted by molar-refractivity contribution is 0.478. The summed E-state index contributed by atoms with van der Waals surface area (Å²) in [5, 5.41) is 0. The van der Waals surface area contributed by atoms with E-state index in [9.17, 15) is 0 Å². The summed E-state index contributed by atoms with van der Waals surface area (Å²) < 4.78 is 5.75. The summed E-state index contributed by atoms with van der Waals surface area (Å²) in [6, 6.07) is 11.8. The van der Waals surface area contributed by atoms with Crippen molar-refractivity contribution in [1.82, 2.24) is 4.98 Å². The predicted octanol–water partition coefficient (Wildman–Crippen LogP) is 3.59. The Balaban J connectivity index is 2.16. The van der Waals surface area contributed by atoms with E-state index < -0.39 is 0 Å². The topological polar surface area (TPSA) is 48.1 Å².